The second kappa shape index (κ2) is 14.6. The molecule has 7 nitrogen and oxygen atoms in total. The Hall–Kier alpha value is -4.10. The van der Waals surface area contributed by atoms with Crippen molar-refractivity contribution in [2.45, 2.75) is 31.3 Å². The van der Waals surface area contributed by atoms with Gasteiger partial charge in [-0.25, -0.2) is 4.79 Å². The van der Waals surface area contributed by atoms with E-state index in [9.17, 15) is 14.4 Å². The van der Waals surface area contributed by atoms with E-state index < -0.39 is 24.0 Å². The average Bonchev–Trinajstić information content (AvgIpc) is 2.92. The standard InChI is InChI=1S/C30H31ClN2O5/c1-3-16-38-27-15-14-23(17-24(27)31)19-25(32-28(34)20-22-12-8-5-9-13-22)29(35)33-26(30(36)37-2)18-21-10-6-4-7-11-21/h3-15,17,25-26H,1,16,18-20H2,2H3,(H,32,34)(H,33,35). The molecule has 0 bridgehead atoms. The van der Waals surface area contributed by atoms with Crippen LogP contribution in [0.3, 0.4) is 0 Å². The van der Waals surface area contributed by atoms with E-state index >= 15 is 0 Å². The topological polar surface area (TPSA) is 93.7 Å². The van der Waals surface area contributed by atoms with Crippen LogP contribution in [0.5, 0.6) is 5.75 Å². The molecule has 0 heterocycles. The van der Waals surface area contributed by atoms with Gasteiger partial charge in [-0.3, -0.25) is 9.59 Å². The van der Waals surface area contributed by atoms with Gasteiger partial charge in [-0.2, -0.15) is 0 Å². The Morgan fingerprint density at radius 3 is 2.11 bits per heavy atom. The molecule has 198 valence electrons. The van der Waals surface area contributed by atoms with Gasteiger partial charge in [0.2, 0.25) is 11.8 Å². The number of hydrogen-bond acceptors (Lipinski definition) is 5. The molecule has 0 fully saturated rings. The number of rotatable bonds is 13. The molecule has 2 amide bonds. The lowest BCUT2D eigenvalue weighted by molar-refractivity contribution is -0.145. The fourth-order valence-electron chi connectivity index (χ4n) is 3.87. The normalized spacial score (nSPS) is 12.1. The zero-order valence-corrected chi connectivity index (χ0v) is 21.9. The van der Waals surface area contributed by atoms with Gasteiger partial charge in [0.1, 0.15) is 24.4 Å². The highest BCUT2D eigenvalue weighted by Gasteiger charge is 2.28. The third kappa shape index (κ3) is 8.78. The van der Waals surface area contributed by atoms with Crippen molar-refractivity contribution in [3.8, 4) is 5.75 Å². The van der Waals surface area contributed by atoms with Gasteiger partial charge in [0.05, 0.1) is 18.6 Å². The molecule has 3 rings (SSSR count). The Bertz CT molecular complexity index is 1230. The molecule has 38 heavy (non-hydrogen) atoms. The fraction of sp³-hybridized carbons (Fsp3) is 0.233. The molecule has 2 unspecified atom stereocenters. The summed E-state index contributed by atoms with van der Waals surface area (Å²) in [5.74, 6) is -0.937. The first-order chi connectivity index (χ1) is 18.4. The minimum atomic E-state index is -0.967. The lowest BCUT2D eigenvalue weighted by Crippen LogP contribution is -2.53. The van der Waals surface area contributed by atoms with Gasteiger partial charge in [0.25, 0.3) is 0 Å². The number of halogens is 1. The van der Waals surface area contributed by atoms with E-state index in [4.69, 9.17) is 21.1 Å². The quantitative estimate of drug-likeness (QED) is 0.255. The summed E-state index contributed by atoms with van der Waals surface area (Å²) in [6.45, 7) is 3.92. The largest absolute Gasteiger partial charge is 0.488 e. The van der Waals surface area contributed by atoms with Gasteiger partial charge in [-0.15, -0.1) is 0 Å². The Balaban J connectivity index is 1.80. The summed E-state index contributed by atoms with van der Waals surface area (Å²) in [6.07, 6.45) is 2.10. The number of amides is 2. The first kappa shape index (κ1) is 28.5. The van der Waals surface area contributed by atoms with Crippen LogP contribution >= 0.6 is 11.6 Å². The maximum atomic E-state index is 13.4. The fourth-order valence-corrected chi connectivity index (χ4v) is 4.12. The van der Waals surface area contributed by atoms with Crippen LogP contribution in [0.4, 0.5) is 0 Å². The third-order valence-electron chi connectivity index (χ3n) is 5.74. The van der Waals surface area contributed by atoms with Gasteiger partial charge in [0.15, 0.2) is 0 Å². The highest BCUT2D eigenvalue weighted by molar-refractivity contribution is 6.32. The van der Waals surface area contributed by atoms with Crippen molar-refractivity contribution in [1.82, 2.24) is 10.6 Å². The molecule has 0 aliphatic heterocycles. The summed E-state index contributed by atoms with van der Waals surface area (Å²) in [7, 11) is 1.27. The van der Waals surface area contributed by atoms with Crippen molar-refractivity contribution in [3.05, 3.63) is 113 Å². The first-order valence-electron chi connectivity index (χ1n) is 12.2. The molecule has 0 saturated heterocycles. The van der Waals surface area contributed by atoms with Crippen molar-refractivity contribution in [3.63, 3.8) is 0 Å². The van der Waals surface area contributed by atoms with E-state index in [0.29, 0.717) is 22.9 Å². The second-order valence-corrected chi connectivity index (χ2v) is 9.03. The SMILES string of the molecule is C=CCOc1ccc(CC(NC(=O)Cc2ccccc2)C(=O)NC(Cc2ccccc2)C(=O)OC)cc1Cl. The molecule has 0 aromatic heterocycles. The van der Waals surface area contributed by atoms with E-state index in [0.717, 1.165) is 11.1 Å². The van der Waals surface area contributed by atoms with Crippen LogP contribution in [-0.4, -0.2) is 43.6 Å². The van der Waals surface area contributed by atoms with Gasteiger partial charge >= 0.3 is 5.97 Å². The van der Waals surface area contributed by atoms with Gasteiger partial charge in [-0.1, -0.05) is 91.0 Å². The predicted molar refractivity (Wildman–Crippen MR) is 147 cm³/mol. The summed E-state index contributed by atoms with van der Waals surface area (Å²) in [5.41, 5.74) is 2.38. The van der Waals surface area contributed by atoms with Gasteiger partial charge in [-0.05, 0) is 28.8 Å². The molecule has 2 N–H and O–H groups in total. The third-order valence-corrected chi connectivity index (χ3v) is 6.03. The van der Waals surface area contributed by atoms with Crippen molar-refractivity contribution < 1.29 is 23.9 Å². The lowest BCUT2D eigenvalue weighted by Gasteiger charge is -2.23. The number of carbonyl (C=O) groups is 3. The molecular formula is C30H31ClN2O5. The molecule has 0 saturated carbocycles. The monoisotopic (exact) mass is 534 g/mol. The summed E-state index contributed by atoms with van der Waals surface area (Å²) in [6, 6.07) is 21.8. The molecule has 0 spiro atoms. The number of ether oxygens (including phenoxy) is 2. The zero-order valence-electron chi connectivity index (χ0n) is 21.2. The summed E-state index contributed by atoms with van der Waals surface area (Å²) >= 11 is 6.37. The van der Waals surface area contributed by atoms with E-state index in [1.165, 1.54) is 7.11 Å². The molecule has 0 aliphatic carbocycles. The van der Waals surface area contributed by atoms with Crippen LogP contribution < -0.4 is 15.4 Å². The highest BCUT2D eigenvalue weighted by Crippen LogP contribution is 2.26. The van der Waals surface area contributed by atoms with E-state index in [-0.39, 0.29) is 25.2 Å². The Morgan fingerprint density at radius 2 is 1.50 bits per heavy atom. The van der Waals surface area contributed by atoms with Crippen molar-refractivity contribution in [2.75, 3.05) is 13.7 Å². The Kier molecular flexibility index (Phi) is 10.9. The Morgan fingerprint density at radius 1 is 0.868 bits per heavy atom. The number of hydrogen-bond donors (Lipinski definition) is 2. The van der Waals surface area contributed by atoms with Gasteiger partial charge in [0, 0.05) is 12.8 Å². The minimum absolute atomic E-state index is 0.101. The smallest absolute Gasteiger partial charge is 0.328 e. The van der Waals surface area contributed by atoms with E-state index in [1.54, 1.807) is 24.3 Å². The molecule has 3 aromatic carbocycles. The molecule has 8 heteroatoms. The van der Waals surface area contributed by atoms with Crippen molar-refractivity contribution in [2.24, 2.45) is 0 Å². The second-order valence-electron chi connectivity index (χ2n) is 8.63. The summed E-state index contributed by atoms with van der Waals surface area (Å²) in [5, 5.41) is 5.95. The lowest BCUT2D eigenvalue weighted by atomic mass is 10.0. The number of esters is 1. The van der Waals surface area contributed by atoms with E-state index in [2.05, 4.69) is 17.2 Å². The van der Waals surface area contributed by atoms with Crippen LogP contribution in [-0.2, 0) is 38.4 Å². The maximum absolute atomic E-state index is 13.4. The maximum Gasteiger partial charge on any atom is 0.328 e. The molecule has 2 atom stereocenters. The van der Waals surface area contributed by atoms with Crippen LogP contribution in [0.1, 0.15) is 16.7 Å². The predicted octanol–water partition coefficient (Wildman–Crippen LogP) is 4.08. The molecule has 3 aromatic rings. The van der Waals surface area contributed by atoms with Crippen molar-refractivity contribution in [1.29, 1.82) is 0 Å². The number of carbonyl (C=O) groups excluding carboxylic acids is 3. The van der Waals surface area contributed by atoms with Crippen LogP contribution in [0, 0.1) is 0 Å². The first-order valence-corrected chi connectivity index (χ1v) is 12.5. The number of nitrogens with one attached hydrogen (secondary N) is 2. The minimum Gasteiger partial charge on any atom is -0.488 e. The summed E-state index contributed by atoms with van der Waals surface area (Å²) in [4.78, 5) is 38.8. The average molecular weight is 535 g/mol. The van der Waals surface area contributed by atoms with E-state index in [1.807, 2.05) is 60.7 Å². The molecule has 0 radical (unpaired) electrons. The zero-order chi connectivity index (χ0) is 27.3. The highest BCUT2D eigenvalue weighted by atomic mass is 35.5. The molecular weight excluding hydrogens is 504 g/mol. The number of methoxy groups -OCH3 is 1. The van der Waals surface area contributed by atoms with Crippen LogP contribution in [0.25, 0.3) is 0 Å². The van der Waals surface area contributed by atoms with Crippen LogP contribution in [0.15, 0.2) is 91.5 Å². The van der Waals surface area contributed by atoms with Crippen LogP contribution in [0.2, 0.25) is 5.02 Å². The van der Waals surface area contributed by atoms with Gasteiger partial charge < -0.3 is 20.1 Å². The Labute approximate surface area is 227 Å². The summed E-state index contributed by atoms with van der Waals surface area (Å²) < 4.78 is 10.4. The molecule has 0 aliphatic rings. The number of benzene rings is 3. The van der Waals surface area contributed by atoms with Crippen molar-refractivity contribution >= 4 is 29.4 Å².